The third-order valence-corrected chi connectivity index (χ3v) is 2.78. The summed E-state index contributed by atoms with van der Waals surface area (Å²) in [6.07, 6.45) is 2.94. The molecule has 0 saturated heterocycles. The second kappa shape index (κ2) is 9.06. The van der Waals surface area contributed by atoms with Gasteiger partial charge in [-0.05, 0) is 12.8 Å². The molecule has 0 aromatic rings. The summed E-state index contributed by atoms with van der Waals surface area (Å²) in [4.78, 5) is 21.9. The van der Waals surface area contributed by atoms with E-state index in [0.717, 1.165) is 18.6 Å². The summed E-state index contributed by atoms with van der Waals surface area (Å²) < 4.78 is 0. The summed E-state index contributed by atoms with van der Waals surface area (Å²) in [6.45, 7) is 4.52. The fraction of sp³-hybridized carbons (Fsp3) is 0.800. The van der Waals surface area contributed by atoms with Crippen molar-refractivity contribution in [3.05, 3.63) is 0 Å². The molecule has 0 aliphatic carbocycles. The Kier molecular flexibility index (Phi) is 8.73. The number of hydrogen-bond acceptors (Lipinski definition) is 3. The number of carbonyl (C=O) groups excluding carboxylic acids is 2. The SMILES string of the molecule is CCCC(=O)NCCCSC(=O)CC. The first-order valence-electron chi connectivity index (χ1n) is 5.13. The van der Waals surface area contributed by atoms with Crippen molar-refractivity contribution in [1.82, 2.24) is 5.32 Å². The fourth-order valence-electron chi connectivity index (χ4n) is 0.903. The minimum absolute atomic E-state index is 0.110. The summed E-state index contributed by atoms with van der Waals surface area (Å²) in [7, 11) is 0. The molecule has 0 aromatic carbocycles. The molecule has 0 radical (unpaired) electrons. The van der Waals surface area contributed by atoms with Gasteiger partial charge in [-0.15, -0.1) is 0 Å². The molecule has 0 spiro atoms. The molecule has 4 heteroatoms. The van der Waals surface area contributed by atoms with Crippen molar-refractivity contribution >= 4 is 22.8 Å². The molecule has 1 N–H and O–H groups in total. The summed E-state index contributed by atoms with van der Waals surface area (Å²) >= 11 is 1.35. The second-order valence-corrected chi connectivity index (χ2v) is 4.18. The molecule has 0 bridgehead atoms. The average Bonchev–Trinajstić information content (AvgIpc) is 2.17. The van der Waals surface area contributed by atoms with Gasteiger partial charge >= 0.3 is 0 Å². The van der Waals surface area contributed by atoms with Gasteiger partial charge in [-0.3, -0.25) is 9.59 Å². The van der Waals surface area contributed by atoms with Gasteiger partial charge in [0.05, 0.1) is 0 Å². The van der Waals surface area contributed by atoms with Crippen LogP contribution in [0.2, 0.25) is 0 Å². The van der Waals surface area contributed by atoms with Crippen molar-refractivity contribution in [2.45, 2.75) is 39.5 Å². The van der Waals surface area contributed by atoms with Gasteiger partial charge in [0.25, 0.3) is 0 Å². The Morgan fingerprint density at radius 2 is 2.00 bits per heavy atom. The predicted molar refractivity (Wildman–Crippen MR) is 60.3 cm³/mol. The lowest BCUT2D eigenvalue weighted by atomic mass is 10.3. The highest BCUT2D eigenvalue weighted by Crippen LogP contribution is 2.05. The number of nitrogens with one attached hydrogen (secondary N) is 1. The third kappa shape index (κ3) is 8.10. The van der Waals surface area contributed by atoms with Gasteiger partial charge in [0.1, 0.15) is 0 Å². The largest absolute Gasteiger partial charge is 0.356 e. The first kappa shape index (κ1) is 13.5. The minimum Gasteiger partial charge on any atom is -0.356 e. The highest BCUT2D eigenvalue weighted by molar-refractivity contribution is 8.13. The van der Waals surface area contributed by atoms with Gasteiger partial charge < -0.3 is 5.32 Å². The minimum atomic E-state index is 0.110. The average molecular weight is 217 g/mol. The quantitative estimate of drug-likeness (QED) is 0.663. The van der Waals surface area contributed by atoms with Crippen LogP contribution >= 0.6 is 11.8 Å². The maximum Gasteiger partial charge on any atom is 0.219 e. The molecule has 82 valence electrons. The van der Waals surface area contributed by atoms with E-state index in [-0.39, 0.29) is 11.0 Å². The van der Waals surface area contributed by atoms with Crippen LogP contribution in [0, 0.1) is 0 Å². The zero-order chi connectivity index (χ0) is 10.8. The van der Waals surface area contributed by atoms with Gasteiger partial charge in [-0.2, -0.15) is 0 Å². The number of hydrogen-bond donors (Lipinski definition) is 1. The summed E-state index contributed by atoms with van der Waals surface area (Å²) in [6, 6.07) is 0. The van der Waals surface area contributed by atoms with Crippen molar-refractivity contribution < 1.29 is 9.59 Å². The Balaban J connectivity index is 3.21. The molecule has 0 heterocycles. The van der Waals surface area contributed by atoms with Crippen LogP contribution in [0.15, 0.2) is 0 Å². The standard InChI is InChI=1S/C10H19NO2S/c1-3-6-9(12)11-7-5-8-14-10(13)4-2/h3-8H2,1-2H3,(H,11,12). The van der Waals surface area contributed by atoms with E-state index in [0.29, 0.717) is 19.4 Å². The highest BCUT2D eigenvalue weighted by atomic mass is 32.2. The maximum atomic E-state index is 11.0. The van der Waals surface area contributed by atoms with Gasteiger partial charge in [0.2, 0.25) is 5.91 Å². The first-order valence-corrected chi connectivity index (χ1v) is 6.11. The Hall–Kier alpha value is -0.510. The Morgan fingerprint density at radius 1 is 1.29 bits per heavy atom. The molecule has 0 rings (SSSR count). The van der Waals surface area contributed by atoms with Crippen LogP contribution in [0.3, 0.4) is 0 Å². The molecular weight excluding hydrogens is 198 g/mol. The lowest BCUT2D eigenvalue weighted by Crippen LogP contribution is -2.24. The zero-order valence-electron chi connectivity index (χ0n) is 8.97. The Morgan fingerprint density at radius 3 is 2.57 bits per heavy atom. The molecule has 0 aliphatic heterocycles. The van der Waals surface area contributed by atoms with E-state index in [4.69, 9.17) is 0 Å². The smallest absolute Gasteiger partial charge is 0.219 e. The van der Waals surface area contributed by atoms with Crippen LogP contribution in [0.4, 0.5) is 0 Å². The van der Waals surface area contributed by atoms with Crippen LogP contribution in [0.1, 0.15) is 39.5 Å². The van der Waals surface area contributed by atoms with Crippen molar-refractivity contribution in [3.8, 4) is 0 Å². The van der Waals surface area contributed by atoms with Crippen LogP contribution < -0.4 is 5.32 Å². The molecule has 0 saturated carbocycles. The number of thioether (sulfide) groups is 1. The third-order valence-electron chi connectivity index (χ3n) is 1.67. The predicted octanol–water partition coefficient (Wildman–Crippen LogP) is 1.96. The molecule has 0 atom stereocenters. The van der Waals surface area contributed by atoms with Crippen LogP contribution in [-0.2, 0) is 9.59 Å². The normalized spacial score (nSPS) is 9.86. The molecule has 0 fully saturated rings. The molecule has 3 nitrogen and oxygen atoms in total. The molecule has 0 aliphatic rings. The topological polar surface area (TPSA) is 46.2 Å². The lowest BCUT2D eigenvalue weighted by Gasteiger charge is -2.02. The van der Waals surface area contributed by atoms with E-state index in [1.54, 1.807) is 0 Å². The molecule has 0 aromatic heterocycles. The maximum absolute atomic E-state index is 11.0. The van der Waals surface area contributed by atoms with Crippen LogP contribution in [0.5, 0.6) is 0 Å². The first-order chi connectivity index (χ1) is 6.70. The van der Waals surface area contributed by atoms with E-state index in [2.05, 4.69) is 5.32 Å². The summed E-state index contributed by atoms with van der Waals surface area (Å²) in [5, 5.41) is 3.04. The molecule has 0 unspecified atom stereocenters. The zero-order valence-corrected chi connectivity index (χ0v) is 9.78. The van der Waals surface area contributed by atoms with E-state index < -0.39 is 0 Å². The fourth-order valence-corrected chi connectivity index (χ4v) is 1.62. The molecule has 14 heavy (non-hydrogen) atoms. The van der Waals surface area contributed by atoms with E-state index in [1.165, 1.54) is 11.8 Å². The second-order valence-electron chi connectivity index (χ2n) is 3.03. The highest BCUT2D eigenvalue weighted by Gasteiger charge is 2.00. The summed E-state index contributed by atoms with van der Waals surface area (Å²) in [5.74, 6) is 0.915. The number of amides is 1. The van der Waals surface area contributed by atoms with Gasteiger partial charge in [0.15, 0.2) is 5.12 Å². The van der Waals surface area contributed by atoms with E-state index >= 15 is 0 Å². The Labute approximate surface area is 90.0 Å². The monoisotopic (exact) mass is 217 g/mol. The van der Waals surface area contributed by atoms with E-state index in [9.17, 15) is 9.59 Å². The molecular formula is C10H19NO2S. The van der Waals surface area contributed by atoms with Gasteiger partial charge in [0, 0.05) is 25.1 Å². The number of rotatable bonds is 7. The van der Waals surface area contributed by atoms with Crippen molar-refractivity contribution in [1.29, 1.82) is 0 Å². The van der Waals surface area contributed by atoms with Crippen LogP contribution in [-0.4, -0.2) is 23.3 Å². The van der Waals surface area contributed by atoms with Crippen molar-refractivity contribution in [3.63, 3.8) is 0 Å². The Bertz CT molecular complexity index is 183. The molecule has 1 amide bonds. The van der Waals surface area contributed by atoms with Crippen LogP contribution in [0.25, 0.3) is 0 Å². The number of carbonyl (C=O) groups is 2. The van der Waals surface area contributed by atoms with Gasteiger partial charge in [-0.25, -0.2) is 0 Å². The summed E-state index contributed by atoms with van der Waals surface area (Å²) in [5.41, 5.74) is 0. The van der Waals surface area contributed by atoms with E-state index in [1.807, 2.05) is 13.8 Å². The van der Waals surface area contributed by atoms with Crippen molar-refractivity contribution in [2.75, 3.05) is 12.3 Å². The lowest BCUT2D eigenvalue weighted by molar-refractivity contribution is -0.121. The van der Waals surface area contributed by atoms with Crippen molar-refractivity contribution in [2.24, 2.45) is 0 Å². The van der Waals surface area contributed by atoms with Gasteiger partial charge in [-0.1, -0.05) is 25.6 Å².